The molecule has 2 N–H and O–H groups in total. The van der Waals surface area contributed by atoms with Gasteiger partial charge in [-0.3, -0.25) is 0 Å². The molecule has 18 heavy (non-hydrogen) atoms. The van der Waals surface area contributed by atoms with Crippen LogP contribution in [-0.2, 0) is 0 Å². The van der Waals surface area contributed by atoms with Gasteiger partial charge >= 0.3 is 0 Å². The van der Waals surface area contributed by atoms with Crippen molar-refractivity contribution in [3.63, 3.8) is 0 Å². The van der Waals surface area contributed by atoms with Crippen molar-refractivity contribution in [2.24, 2.45) is 5.92 Å². The molecule has 2 atom stereocenters. The largest absolute Gasteiger partial charge is 0.496 e. The number of ether oxygens (including phenoxy) is 1. The molecule has 0 aliphatic carbocycles. The summed E-state index contributed by atoms with van der Waals surface area (Å²) in [5.74, 6) is 1.09. The van der Waals surface area contributed by atoms with Gasteiger partial charge in [-0.1, -0.05) is 32.0 Å². The summed E-state index contributed by atoms with van der Waals surface area (Å²) in [7, 11) is 1.68. The maximum absolute atomic E-state index is 10.2. The van der Waals surface area contributed by atoms with Crippen LogP contribution >= 0.6 is 0 Å². The van der Waals surface area contributed by atoms with Crippen LogP contribution in [0.4, 0.5) is 0 Å². The van der Waals surface area contributed by atoms with Crippen molar-refractivity contribution >= 4 is 0 Å². The highest BCUT2D eigenvalue weighted by Gasteiger charge is 2.25. The molecule has 0 spiro atoms. The lowest BCUT2D eigenvalue weighted by atomic mass is 9.92. The zero-order valence-corrected chi connectivity index (χ0v) is 12.0. The first-order chi connectivity index (χ1) is 8.38. The number of methoxy groups -OCH3 is 1. The third kappa shape index (κ3) is 3.72. The fourth-order valence-electron chi connectivity index (χ4n) is 1.70. The average molecular weight is 251 g/mol. The Kier molecular flexibility index (Phi) is 5.17. The molecule has 1 unspecified atom stereocenters. The van der Waals surface area contributed by atoms with E-state index in [1.807, 2.05) is 45.0 Å². The van der Waals surface area contributed by atoms with Crippen molar-refractivity contribution in [1.82, 2.24) is 5.32 Å². The molecule has 0 aliphatic heterocycles. The lowest BCUT2D eigenvalue weighted by Gasteiger charge is -2.30. The van der Waals surface area contributed by atoms with Gasteiger partial charge in [0.25, 0.3) is 0 Å². The molecule has 0 saturated carbocycles. The maximum atomic E-state index is 10.2. The standard InChI is InChI=1S/C15H25NO2/c1-11(2)15(4,17)10-16-12(3)13-8-6-7-9-14(13)18-5/h6-9,11-12,16-17H,10H2,1-5H3/t12-,15?/m1/s1. The minimum absolute atomic E-state index is 0.145. The summed E-state index contributed by atoms with van der Waals surface area (Å²) in [5, 5.41) is 13.6. The summed E-state index contributed by atoms with van der Waals surface area (Å²) < 4.78 is 5.34. The number of aliphatic hydroxyl groups is 1. The zero-order valence-electron chi connectivity index (χ0n) is 12.0. The van der Waals surface area contributed by atoms with Gasteiger partial charge in [-0.25, -0.2) is 0 Å². The van der Waals surface area contributed by atoms with Crippen LogP contribution in [0, 0.1) is 5.92 Å². The van der Waals surface area contributed by atoms with E-state index in [9.17, 15) is 5.11 Å². The minimum atomic E-state index is -0.698. The van der Waals surface area contributed by atoms with Crippen LogP contribution in [-0.4, -0.2) is 24.4 Å². The molecule has 102 valence electrons. The Hall–Kier alpha value is -1.06. The van der Waals surface area contributed by atoms with E-state index >= 15 is 0 Å². The number of para-hydroxylation sites is 1. The van der Waals surface area contributed by atoms with Gasteiger partial charge in [0.2, 0.25) is 0 Å². The second kappa shape index (κ2) is 6.21. The molecule has 0 saturated heterocycles. The Bertz CT molecular complexity index is 375. The first-order valence-electron chi connectivity index (χ1n) is 6.47. The van der Waals surface area contributed by atoms with E-state index in [0.717, 1.165) is 11.3 Å². The number of nitrogens with one attached hydrogen (secondary N) is 1. The Morgan fingerprint density at radius 1 is 1.28 bits per heavy atom. The fourth-order valence-corrected chi connectivity index (χ4v) is 1.70. The molecule has 0 fully saturated rings. The Morgan fingerprint density at radius 3 is 2.44 bits per heavy atom. The van der Waals surface area contributed by atoms with Gasteiger partial charge in [0.1, 0.15) is 5.75 Å². The van der Waals surface area contributed by atoms with E-state index in [-0.39, 0.29) is 12.0 Å². The third-order valence-corrected chi connectivity index (χ3v) is 3.62. The van der Waals surface area contributed by atoms with Gasteiger partial charge in [-0.2, -0.15) is 0 Å². The molecule has 1 aromatic carbocycles. The topological polar surface area (TPSA) is 41.5 Å². The molecule has 3 nitrogen and oxygen atoms in total. The fraction of sp³-hybridized carbons (Fsp3) is 0.600. The monoisotopic (exact) mass is 251 g/mol. The molecular weight excluding hydrogens is 226 g/mol. The smallest absolute Gasteiger partial charge is 0.123 e. The van der Waals surface area contributed by atoms with Crippen LogP contribution in [0.2, 0.25) is 0 Å². The molecular formula is C15H25NO2. The van der Waals surface area contributed by atoms with Crippen molar-refractivity contribution in [2.45, 2.75) is 39.3 Å². The van der Waals surface area contributed by atoms with Crippen LogP contribution < -0.4 is 10.1 Å². The molecule has 1 aromatic rings. The summed E-state index contributed by atoms with van der Waals surface area (Å²) in [6.07, 6.45) is 0. The summed E-state index contributed by atoms with van der Waals surface area (Å²) in [6.45, 7) is 8.54. The van der Waals surface area contributed by atoms with Gasteiger partial charge in [0.15, 0.2) is 0 Å². The van der Waals surface area contributed by atoms with Crippen LogP contribution in [0.1, 0.15) is 39.3 Å². The van der Waals surface area contributed by atoms with E-state index in [4.69, 9.17) is 4.74 Å². The third-order valence-electron chi connectivity index (χ3n) is 3.62. The normalized spacial score (nSPS) is 16.4. The second-order valence-electron chi connectivity index (χ2n) is 5.36. The Morgan fingerprint density at radius 2 is 1.89 bits per heavy atom. The predicted octanol–water partition coefficient (Wildman–Crippen LogP) is 2.75. The van der Waals surface area contributed by atoms with Crippen molar-refractivity contribution in [3.8, 4) is 5.75 Å². The molecule has 0 aromatic heterocycles. The molecule has 1 rings (SSSR count). The number of benzene rings is 1. The van der Waals surface area contributed by atoms with E-state index in [0.29, 0.717) is 6.54 Å². The SMILES string of the molecule is COc1ccccc1[C@@H](C)NCC(C)(O)C(C)C. The van der Waals surface area contributed by atoms with Gasteiger partial charge in [0.05, 0.1) is 12.7 Å². The lowest BCUT2D eigenvalue weighted by Crippen LogP contribution is -2.43. The molecule has 0 amide bonds. The first-order valence-corrected chi connectivity index (χ1v) is 6.47. The van der Waals surface area contributed by atoms with E-state index < -0.39 is 5.60 Å². The molecule has 0 radical (unpaired) electrons. The highest BCUT2D eigenvalue weighted by Crippen LogP contribution is 2.25. The van der Waals surface area contributed by atoms with Crippen molar-refractivity contribution < 1.29 is 9.84 Å². The highest BCUT2D eigenvalue weighted by atomic mass is 16.5. The van der Waals surface area contributed by atoms with Gasteiger partial charge in [-0.15, -0.1) is 0 Å². The number of hydrogen-bond donors (Lipinski definition) is 2. The molecule has 0 heterocycles. The minimum Gasteiger partial charge on any atom is -0.496 e. The number of hydrogen-bond acceptors (Lipinski definition) is 3. The van der Waals surface area contributed by atoms with Gasteiger partial charge in [0, 0.05) is 18.2 Å². The van der Waals surface area contributed by atoms with Crippen molar-refractivity contribution in [1.29, 1.82) is 0 Å². The summed E-state index contributed by atoms with van der Waals surface area (Å²) in [4.78, 5) is 0. The molecule has 3 heteroatoms. The lowest BCUT2D eigenvalue weighted by molar-refractivity contribution is 0.0121. The molecule has 0 aliphatic rings. The average Bonchev–Trinajstić information content (AvgIpc) is 2.35. The van der Waals surface area contributed by atoms with E-state index in [2.05, 4.69) is 12.2 Å². The first kappa shape index (κ1) is 15.0. The van der Waals surface area contributed by atoms with Crippen LogP contribution in [0.25, 0.3) is 0 Å². The highest BCUT2D eigenvalue weighted by molar-refractivity contribution is 5.35. The van der Waals surface area contributed by atoms with Gasteiger partial charge < -0.3 is 15.2 Å². The van der Waals surface area contributed by atoms with Crippen molar-refractivity contribution in [2.75, 3.05) is 13.7 Å². The summed E-state index contributed by atoms with van der Waals surface area (Å²) in [5.41, 5.74) is 0.413. The Balaban J connectivity index is 2.68. The summed E-state index contributed by atoms with van der Waals surface area (Å²) >= 11 is 0. The quantitative estimate of drug-likeness (QED) is 0.817. The zero-order chi connectivity index (χ0) is 13.8. The number of rotatable bonds is 6. The predicted molar refractivity (Wildman–Crippen MR) is 74.9 cm³/mol. The molecule has 0 bridgehead atoms. The van der Waals surface area contributed by atoms with E-state index in [1.165, 1.54) is 0 Å². The van der Waals surface area contributed by atoms with Crippen molar-refractivity contribution in [3.05, 3.63) is 29.8 Å². The van der Waals surface area contributed by atoms with E-state index in [1.54, 1.807) is 7.11 Å². The Labute approximate surface area is 110 Å². The van der Waals surface area contributed by atoms with Crippen LogP contribution in [0.5, 0.6) is 5.75 Å². The summed E-state index contributed by atoms with van der Waals surface area (Å²) in [6, 6.07) is 8.09. The van der Waals surface area contributed by atoms with Crippen LogP contribution in [0.15, 0.2) is 24.3 Å². The van der Waals surface area contributed by atoms with Gasteiger partial charge in [-0.05, 0) is 25.8 Å². The van der Waals surface area contributed by atoms with Crippen LogP contribution in [0.3, 0.4) is 0 Å². The second-order valence-corrected chi connectivity index (χ2v) is 5.36. The maximum Gasteiger partial charge on any atom is 0.123 e.